The van der Waals surface area contributed by atoms with Gasteiger partial charge in [0.15, 0.2) is 0 Å². The van der Waals surface area contributed by atoms with Crippen LogP contribution < -0.4 is 12.4 Å². The van der Waals surface area contributed by atoms with Gasteiger partial charge in [-0.05, 0) is 12.8 Å². The van der Waals surface area contributed by atoms with Crippen molar-refractivity contribution in [2.75, 3.05) is 40.9 Å². The number of unbranched alkanes of at least 4 members (excludes halogenated alkanes) is 7. The van der Waals surface area contributed by atoms with Crippen molar-refractivity contribution in [3.8, 4) is 0 Å². The summed E-state index contributed by atoms with van der Waals surface area (Å²) in [5, 5.41) is 18.4. The fourth-order valence-corrected chi connectivity index (χ4v) is 2.41. The summed E-state index contributed by atoms with van der Waals surface area (Å²) < 4.78 is 5.78. The molecule has 0 saturated carbocycles. The van der Waals surface area contributed by atoms with E-state index in [-0.39, 0.29) is 24.8 Å². The van der Waals surface area contributed by atoms with Crippen LogP contribution in [0.3, 0.4) is 0 Å². The van der Waals surface area contributed by atoms with Gasteiger partial charge in [-0.1, -0.05) is 38.5 Å². The van der Waals surface area contributed by atoms with E-state index < -0.39 is 6.10 Å². The first-order valence-electron chi connectivity index (χ1n) is 8.60. The van der Waals surface area contributed by atoms with Gasteiger partial charge in [-0.15, -0.1) is 0 Å². The molecular weight excluding hydrogens is 318 g/mol. The molecular formula is C17H36ClNO4. The average molecular weight is 354 g/mol. The number of carbonyl (C=O) groups excluding carboxylic acids is 1. The molecule has 0 fully saturated rings. The molecule has 0 bridgehead atoms. The van der Waals surface area contributed by atoms with Crippen LogP contribution in [0.25, 0.3) is 0 Å². The molecule has 6 heteroatoms. The highest BCUT2D eigenvalue weighted by atomic mass is 35.5. The number of nitrogens with zero attached hydrogens (tertiary/aromatic N) is 1. The molecule has 0 radical (unpaired) electrons. The topological polar surface area (TPSA) is 66.8 Å². The van der Waals surface area contributed by atoms with Gasteiger partial charge in [0.2, 0.25) is 0 Å². The molecule has 2 N–H and O–H groups in total. The summed E-state index contributed by atoms with van der Waals surface area (Å²) in [6.07, 6.45) is 8.24. The van der Waals surface area contributed by atoms with Crippen LogP contribution in [0.5, 0.6) is 0 Å². The van der Waals surface area contributed by atoms with E-state index in [0.29, 0.717) is 24.2 Å². The lowest BCUT2D eigenvalue weighted by atomic mass is 10.1. The maximum atomic E-state index is 11.6. The minimum Gasteiger partial charge on any atom is -1.00 e. The van der Waals surface area contributed by atoms with Crippen LogP contribution in [0.15, 0.2) is 0 Å². The molecule has 140 valence electrons. The molecule has 0 rings (SSSR count). The third kappa shape index (κ3) is 19.6. The SMILES string of the molecule is C[N+](C)(C)CC(O)CC(=O)OCCCCCCCCCCO.[Cl-]. The summed E-state index contributed by atoms with van der Waals surface area (Å²) in [5.41, 5.74) is 0. The third-order valence-electron chi connectivity index (χ3n) is 3.48. The number of likely N-dealkylation sites (N-methyl/N-ethyl adjacent to an activating group) is 1. The maximum absolute atomic E-state index is 11.6. The number of halogens is 1. The van der Waals surface area contributed by atoms with Gasteiger partial charge in [-0.2, -0.15) is 0 Å². The first kappa shape index (κ1) is 24.9. The van der Waals surface area contributed by atoms with Crippen molar-refractivity contribution in [2.45, 2.75) is 63.9 Å². The molecule has 0 aromatic carbocycles. The van der Waals surface area contributed by atoms with Crippen molar-refractivity contribution in [1.29, 1.82) is 0 Å². The molecule has 1 atom stereocenters. The number of aliphatic hydroxyl groups is 2. The largest absolute Gasteiger partial charge is 1.00 e. The summed E-state index contributed by atoms with van der Waals surface area (Å²) in [4.78, 5) is 11.6. The summed E-state index contributed by atoms with van der Waals surface area (Å²) in [7, 11) is 5.95. The Labute approximate surface area is 148 Å². The number of carbonyl (C=O) groups is 1. The van der Waals surface area contributed by atoms with Gasteiger partial charge in [0.05, 0.1) is 34.2 Å². The van der Waals surface area contributed by atoms with Crippen molar-refractivity contribution in [3.05, 3.63) is 0 Å². The highest BCUT2D eigenvalue weighted by Gasteiger charge is 2.19. The fraction of sp³-hybridized carbons (Fsp3) is 0.941. The van der Waals surface area contributed by atoms with E-state index in [1.807, 2.05) is 21.1 Å². The Morgan fingerprint density at radius 1 is 0.957 bits per heavy atom. The number of rotatable bonds is 14. The van der Waals surface area contributed by atoms with E-state index in [2.05, 4.69) is 0 Å². The lowest BCUT2D eigenvalue weighted by Gasteiger charge is -2.26. The van der Waals surface area contributed by atoms with Crippen molar-refractivity contribution >= 4 is 5.97 Å². The van der Waals surface area contributed by atoms with Crippen LogP contribution in [0.4, 0.5) is 0 Å². The standard InChI is InChI=1S/C17H36NO4.ClH/c1-18(2,3)15-16(20)14-17(21)22-13-11-9-7-5-4-6-8-10-12-19;/h16,19-20H,4-15H2,1-3H3;1H/q+1;/p-1. The zero-order chi connectivity index (χ0) is 16.8. The number of hydrogen-bond donors (Lipinski definition) is 2. The lowest BCUT2D eigenvalue weighted by molar-refractivity contribution is -0.873. The average Bonchev–Trinajstić information content (AvgIpc) is 2.38. The molecule has 0 heterocycles. The summed E-state index contributed by atoms with van der Waals surface area (Å²) >= 11 is 0. The van der Waals surface area contributed by atoms with Crippen LogP contribution in [0.1, 0.15) is 57.8 Å². The van der Waals surface area contributed by atoms with E-state index in [1.165, 1.54) is 25.7 Å². The summed E-state index contributed by atoms with van der Waals surface area (Å²) in [5.74, 6) is -0.301. The van der Waals surface area contributed by atoms with Crippen molar-refractivity contribution in [2.24, 2.45) is 0 Å². The van der Waals surface area contributed by atoms with Crippen LogP contribution in [0.2, 0.25) is 0 Å². The Morgan fingerprint density at radius 2 is 1.43 bits per heavy atom. The highest BCUT2D eigenvalue weighted by molar-refractivity contribution is 5.69. The molecule has 0 saturated heterocycles. The molecule has 0 amide bonds. The molecule has 0 aliphatic carbocycles. The van der Waals surface area contributed by atoms with E-state index >= 15 is 0 Å². The first-order valence-corrected chi connectivity index (χ1v) is 8.60. The zero-order valence-corrected chi connectivity index (χ0v) is 15.9. The Balaban J connectivity index is 0. The monoisotopic (exact) mass is 353 g/mol. The van der Waals surface area contributed by atoms with Crippen LogP contribution in [-0.2, 0) is 9.53 Å². The van der Waals surface area contributed by atoms with Gasteiger partial charge in [0.25, 0.3) is 0 Å². The molecule has 0 aliphatic rings. The predicted octanol–water partition coefficient (Wildman–Crippen LogP) is -0.896. The Hall–Kier alpha value is -0.360. The van der Waals surface area contributed by atoms with Gasteiger partial charge < -0.3 is 31.8 Å². The second-order valence-corrected chi connectivity index (χ2v) is 7.10. The second kappa shape index (κ2) is 15.2. The van der Waals surface area contributed by atoms with Crippen LogP contribution in [-0.4, -0.2) is 67.7 Å². The van der Waals surface area contributed by atoms with Gasteiger partial charge >= 0.3 is 5.97 Å². The molecule has 0 aromatic rings. The highest BCUT2D eigenvalue weighted by Crippen LogP contribution is 2.09. The maximum Gasteiger partial charge on any atom is 0.308 e. The Kier molecular flexibility index (Phi) is 16.4. The van der Waals surface area contributed by atoms with E-state index in [4.69, 9.17) is 9.84 Å². The van der Waals surface area contributed by atoms with Crippen molar-refractivity contribution in [3.63, 3.8) is 0 Å². The van der Waals surface area contributed by atoms with Crippen LogP contribution in [0, 0.1) is 0 Å². The number of aliphatic hydroxyl groups excluding tert-OH is 2. The zero-order valence-electron chi connectivity index (χ0n) is 15.1. The third-order valence-corrected chi connectivity index (χ3v) is 3.48. The van der Waals surface area contributed by atoms with Crippen LogP contribution >= 0.6 is 0 Å². The molecule has 0 aliphatic heterocycles. The Morgan fingerprint density at radius 3 is 1.91 bits per heavy atom. The smallest absolute Gasteiger partial charge is 0.308 e. The predicted molar refractivity (Wildman–Crippen MR) is 88.5 cm³/mol. The first-order chi connectivity index (χ1) is 10.3. The van der Waals surface area contributed by atoms with Gasteiger partial charge in [-0.25, -0.2) is 0 Å². The molecule has 0 spiro atoms. The fourth-order valence-electron chi connectivity index (χ4n) is 2.41. The number of quaternary nitrogens is 1. The normalized spacial score (nSPS) is 12.6. The van der Waals surface area contributed by atoms with E-state index in [9.17, 15) is 9.90 Å². The minimum atomic E-state index is -0.633. The van der Waals surface area contributed by atoms with Crippen molar-refractivity contribution < 1.29 is 36.6 Å². The second-order valence-electron chi connectivity index (χ2n) is 7.10. The van der Waals surface area contributed by atoms with E-state index in [1.54, 1.807) is 0 Å². The molecule has 1 unspecified atom stereocenters. The number of ether oxygens (including phenoxy) is 1. The van der Waals surface area contributed by atoms with Gasteiger partial charge in [0, 0.05) is 6.61 Å². The lowest BCUT2D eigenvalue weighted by Crippen LogP contribution is -3.00. The number of hydrogen-bond acceptors (Lipinski definition) is 4. The van der Waals surface area contributed by atoms with Gasteiger partial charge in [0.1, 0.15) is 12.6 Å². The summed E-state index contributed by atoms with van der Waals surface area (Å²) in [6.45, 7) is 1.31. The molecule has 5 nitrogen and oxygen atoms in total. The Bertz CT molecular complexity index is 282. The number of esters is 1. The minimum absolute atomic E-state index is 0. The molecule has 0 aromatic heterocycles. The van der Waals surface area contributed by atoms with Gasteiger partial charge in [-0.3, -0.25) is 4.79 Å². The van der Waals surface area contributed by atoms with E-state index in [0.717, 1.165) is 25.7 Å². The molecule has 23 heavy (non-hydrogen) atoms. The quantitative estimate of drug-likeness (QED) is 0.241. The summed E-state index contributed by atoms with van der Waals surface area (Å²) in [6, 6.07) is 0. The van der Waals surface area contributed by atoms with Crippen molar-refractivity contribution in [1.82, 2.24) is 0 Å².